The van der Waals surface area contributed by atoms with Gasteiger partial charge in [0.1, 0.15) is 0 Å². The van der Waals surface area contributed by atoms with Crippen LogP contribution in [-0.4, -0.2) is 49.8 Å². The van der Waals surface area contributed by atoms with E-state index >= 15 is 0 Å². The molecule has 0 radical (unpaired) electrons. The summed E-state index contributed by atoms with van der Waals surface area (Å²) in [6.45, 7) is 0.800. The molecular weight excluding hydrogens is 234 g/mol. The van der Waals surface area contributed by atoms with Crippen LogP contribution in [0, 0.1) is 5.92 Å². The summed E-state index contributed by atoms with van der Waals surface area (Å²) in [6, 6.07) is 0.221. The first-order chi connectivity index (χ1) is 8.84. The third-order valence-electron chi connectivity index (χ3n) is 3.87. The minimum atomic E-state index is 0.106. The Hall–Kier alpha value is -1.80. The molecule has 3 N–H and O–H groups in total. The molecule has 18 heavy (non-hydrogen) atoms. The van der Waals surface area contributed by atoms with Crippen LogP contribution in [0.25, 0.3) is 5.65 Å². The second-order valence-corrected chi connectivity index (χ2v) is 4.78. The van der Waals surface area contributed by atoms with E-state index in [1.54, 1.807) is 16.9 Å². The molecule has 8 heteroatoms. The summed E-state index contributed by atoms with van der Waals surface area (Å²) in [4.78, 5) is 4.10. The number of rotatable bonds is 2. The van der Waals surface area contributed by atoms with Gasteiger partial charge in [-0.1, -0.05) is 0 Å². The molecule has 4 unspecified atom stereocenters. The van der Waals surface area contributed by atoms with Crippen LogP contribution in [0.1, 0.15) is 6.42 Å². The summed E-state index contributed by atoms with van der Waals surface area (Å²) in [7, 11) is 0. The zero-order valence-corrected chi connectivity index (χ0v) is 9.60. The first-order valence-electron chi connectivity index (χ1n) is 6.00. The van der Waals surface area contributed by atoms with Crippen LogP contribution >= 0.6 is 0 Å². The van der Waals surface area contributed by atoms with E-state index in [1.165, 1.54) is 0 Å². The molecule has 4 rings (SSSR count). The Balaban J connectivity index is 1.63. The number of anilines is 1. The van der Waals surface area contributed by atoms with E-state index in [0.717, 1.165) is 18.8 Å². The number of nitrogens with two attached hydrogens (primary N) is 1. The van der Waals surface area contributed by atoms with Crippen LogP contribution < -0.4 is 11.1 Å². The van der Waals surface area contributed by atoms with Gasteiger partial charge in [-0.15, -0.1) is 5.10 Å². The third kappa shape index (κ3) is 1.27. The molecule has 3 heterocycles. The predicted molar refractivity (Wildman–Crippen MR) is 61.8 cm³/mol. The van der Waals surface area contributed by atoms with Gasteiger partial charge in [0.25, 0.3) is 0 Å². The number of hydrogen-bond donors (Lipinski definition) is 2. The van der Waals surface area contributed by atoms with Crippen molar-refractivity contribution in [2.75, 3.05) is 11.9 Å². The van der Waals surface area contributed by atoms with Crippen molar-refractivity contribution >= 4 is 11.5 Å². The lowest BCUT2D eigenvalue weighted by atomic mass is 9.72. The number of nitrogens with one attached hydrogen (secondary N) is 1. The summed E-state index contributed by atoms with van der Waals surface area (Å²) < 4.78 is 7.29. The van der Waals surface area contributed by atoms with Crippen molar-refractivity contribution < 1.29 is 4.74 Å². The van der Waals surface area contributed by atoms with Crippen LogP contribution in [-0.2, 0) is 4.74 Å². The van der Waals surface area contributed by atoms with Gasteiger partial charge in [0.05, 0.1) is 24.5 Å². The maximum absolute atomic E-state index is 6.15. The van der Waals surface area contributed by atoms with Crippen LogP contribution in [0.3, 0.4) is 0 Å². The third-order valence-corrected chi connectivity index (χ3v) is 3.87. The van der Waals surface area contributed by atoms with E-state index in [1.807, 2.05) is 0 Å². The van der Waals surface area contributed by atoms with E-state index in [0.29, 0.717) is 11.6 Å². The molecular formula is C10H13N7O. The molecule has 0 aromatic carbocycles. The van der Waals surface area contributed by atoms with Crippen LogP contribution in [0.2, 0.25) is 0 Å². The molecule has 2 aromatic heterocycles. The smallest absolute Gasteiger partial charge is 0.199 e. The lowest BCUT2D eigenvalue weighted by molar-refractivity contribution is 0.00516. The predicted octanol–water partition coefficient (Wildman–Crippen LogP) is -0.954. The monoisotopic (exact) mass is 247 g/mol. The molecule has 1 saturated heterocycles. The molecule has 94 valence electrons. The Morgan fingerprint density at radius 3 is 3.33 bits per heavy atom. The highest BCUT2D eigenvalue weighted by Gasteiger charge is 2.52. The number of aromatic nitrogens is 5. The summed E-state index contributed by atoms with van der Waals surface area (Å²) in [5.74, 6) is 1.22. The number of nitrogens with zero attached hydrogens (tertiary/aromatic N) is 5. The van der Waals surface area contributed by atoms with Gasteiger partial charge >= 0.3 is 0 Å². The SMILES string of the molecule is NC1C2CCOC2C1Nc1cncc2nnnn12. The van der Waals surface area contributed by atoms with Crippen molar-refractivity contribution in [2.45, 2.75) is 24.6 Å². The highest BCUT2D eigenvalue weighted by molar-refractivity contribution is 5.45. The topological polar surface area (TPSA) is 103 Å². The van der Waals surface area contributed by atoms with Crippen LogP contribution in [0.15, 0.2) is 12.4 Å². The Kier molecular flexibility index (Phi) is 2.03. The molecule has 2 aliphatic rings. The van der Waals surface area contributed by atoms with Crippen molar-refractivity contribution in [1.29, 1.82) is 0 Å². The fourth-order valence-electron chi connectivity index (χ4n) is 2.87. The van der Waals surface area contributed by atoms with Crippen molar-refractivity contribution in [3.8, 4) is 0 Å². The number of ether oxygens (including phenoxy) is 1. The van der Waals surface area contributed by atoms with E-state index in [-0.39, 0.29) is 18.2 Å². The van der Waals surface area contributed by atoms with Gasteiger partial charge < -0.3 is 15.8 Å². The minimum absolute atomic E-state index is 0.106. The lowest BCUT2D eigenvalue weighted by Crippen LogP contribution is -2.65. The molecule has 0 spiro atoms. The normalized spacial score (nSPS) is 34.3. The van der Waals surface area contributed by atoms with Gasteiger partial charge in [-0.25, -0.2) is 0 Å². The molecule has 0 bridgehead atoms. The molecule has 4 atom stereocenters. The first kappa shape index (κ1) is 10.2. The fraction of sp³-hybridized carbons (Fsp3) is 0.600. The second kappa shape index (κ2) is 3.59. The van der Waals surface area contributed by atoms with Gasteiger partial charge in [0.15, 0.2) is 11.5 Å². The van der Waals surface area contributed by atoms with E-state index in [2.05, 4.69) is 25.8 Å². The van der Waals surface area contributed by atoms with Gasteiger partial charge in [-0.05, 0) is 16.8 Å². The van der Waals surface area contributed by atoms with Crippen molar-refractivity contribution in [3.05, 3.63) is 12.4 Å². The Morgan fingerprint density at radius 1 is 1.44 bits per heavy atom. The number of fused-ring (bicyclic) bond motifs is 2. The lowest BCUT2D eigenvalue weighted by Gasteiger charge is -2.45. The first-order valence-corrected chi connectivity index (χ1v) is 6.00. The van der Waals surface area contributed by atoms with Gasteiger partial charge in [-0.3, -0.25) is 4.98 Å². The van der Waals surface area contributed by atoms with Gasteiger partial charge in [0, 0.05) is 18.6 Å². The highest BCUT2D eigenvalue weighted by atomic mass is 16.5. The van der Waals surface area contributed by atoms with Crippen molar-refractivity contribution in [1.82, 2.24) is 25.0 Å². The average Bonchev–Trinajstić information content (AvgIpc) is 3.02. The summed E-state index contributed by atoms with van der Waals surface area (Å²) in [5, 5.41) is 14.7. The highest BCUT2D eigenvalue weighted by Crippen LogP contribution is 2.39. The molecule has 1 saturated carbocycles. The van der Waals surface area contributed by atoms with Gasteiger partial charge in [-0.2, -0.15) is 4.52 Å². The van der Waals surface area contributed by atoms with Crippen molar-refractivity contribution in [3.63, 3.8) is 0 Å². The Morgan fingerprint density at radius 2 is 2.39 bits per heavy atom. The fourth-order valence-corrected chi connectivity index (χ4v) is 2.87. The molecule has 1 aliphatic carbocycles. The molecule has 8 nitrogen and oxygen atoms in total. The number of hydrogen-bond acceptors (Lipinski definition) is 7. The molecule has 1 aliphatic heterocycles. The zero-order chi connectivity index (χ0) is 12.1. The van der Waals surface area contributed by atoms with Gasteiger partial charge in [0.2, 0.25) is 0 Å². The van der Waals surface area contributed by atoms with E-state index in [9.17, 15) is 0 Å². The Bertz CT molecular complexity index is 584. The maximum Gasteiger partial charge on any atom is 0.199 e. The minimum Gasteiger partial charge on any atom is -0.376 e. The van der Waals surface area contributed by atoms with E-state index in [4.69, 9.17) is 10.5 Å². The molecule has 2 fully saturated rings. The van der Waals surface area contributed by atoms with Crippen LogP contribution in [0.4, 0.5) is 5.82 Å². The average molecular weight is 247 g/mol. The number of tetrazole rings is 1. The standard InChI is InChI=1S/C10H13N7O/c11-8-5-1-2-18-10(5)9(8)13-6-3-12-4-7-14-15-16-17(6)7/h3-5,8-10,13H,1-2,11H2. The zero-order valence-electron chi connectivity index (χ0n) is 9.60. The van der Waals surface area contributed by atoms with Crippen LogP contribution in [0.5, 0.6) is 0 Å². The summed E-state index contributed by atoms with van der Waals surface area (Å²) in [6.07, 6.45) is 4.56. The quantitative estimate of drug-likeness (QED) is 0.704. The van der Waals surface area contributed by atoms with Crippen molar-refractivity contribution in [2.24, 2.45) is 11.7 Å². The second-order valence-electron chi connectivity index (χ2n) is 4.78. The summed E-state index contributed by atoms with van der Waals surface area (Å²) in [5.41, 5.74) is 6.76. The Labute approximate surface area is 103 Å². The largest absolute Gasteiger partial charge is 0.376 e. The summed E-state index contributed by atoms with van der Waals surface area (Å²) >= 11 is 0. The van der Waals surface area contributed by atoms with E-state index < -0.39 is 0 Å². The molecule has 0 amide bonds. The molecule has 2 aromatic rings. The maximum atomic E-state index is 6.15.